The number of hydrogen-bond donors (Lipinski definition) is 1. The van der Waals surface area contributed by atoms with Crippen molar-refractivity contribution in [3.63, 3.8) is 0 Å². The molecular weight excluding hydrogens is 395 g/mol. The lowest BCUT2D eigenvalue weighted by atomic mass is 9.83. The molecule has 0 bridgehead atoms. The zero-order valence-corrected chi connectivity index (χ0v) is 18.5. The fraction of sp³-hybridized carbons (Fsp3) is 0.480. The summed E-state index contributed by atoms with van der Waals surface area (Å²) in [5.74, 6) is 1.41. The fourth-order valence-corrected chi connectivity index (χ4v) is 4.55. The van der Waals surface area contributed by atoms with Gasteiger partial charge in [0.2, 0.25) is 0 Å². The zero-order chi connectivity index (χ0) is 22.0. The minimum Gasteiger partial charge on any atom is -0.491 e. The summed E-state index contributed by atoms with van der Waals surface area (Å²) in [5, 5.41) is 3.15. The molecule has 0 unspecified atom stereocenters. The van der Waals surface area contributed by atoms with Crippen molar-refractivity contribution < 1.29 is 18.7 Å². The number of nitrogens with zero attached hydrogens (tertiary/aromatic N) is 1. The van der Waals surface area contributed by atoms with Crippen LogP contribution in [0.4, 0.5) is 4.39 Å². The number of aryl methyl sites for hydroxylation is 1. The van der Waals surface area contributed by atoms with Crippen LogP contribution in [0.25, 0.3) is 0 Å². The molecule has 0 aromatic heterocycles. The molecule has 1 spiro atoms. The SMILES string of the molecule is CNCc1cc(C(=O)N2CCC3(CCc4cc(F)ccc4O3)CC2)ccc1OC(C)C. The molecule has 0 saturated carbocycles. The van der Waals surface area contributed by atoms with Crippen LogP contribution in [0.5, 0.6) is 11.5 Å². The van der Waals surface area contributed by atoms with Gasteiger partial charge >= 0.3 is 0 Å². The summed E-state index contributed by atoms with van der Waals surface area (Å²) in [6, 6.07) is 10.4. The Bertz CT molecular complexity index is 952. The molecule has 6 heteroatoms. The highest BCUT2D eigenvalue weighted by Gasteiger charge is 2.40. The van der Waals surface area contributed by atoms with Crippen molar-refractivity contribution in [3.05, 3.63) is 58.9 Å². The summed E-state index contributed by atoms with van der Waals surface area (Å²) in [6.45, 7) is 5.93. The molecule has 0 aliphatic carbocycles. The van der Waals surface area contributed by atoms with Crippen molar-refractivity contribution >= 4 is 5.91 Å². The molecule has 31 heavy (non-hydrogen) atoms. The maximum Gasteiger partial charge on any atom is 0.253 e. The number of likely N-dealkylation sites (tertiary alicyclic amines) is 1. The summed E-state index contributed by atoms with van der Waals surface area (Å²) in [7, 11) is 1.88. The topological polar surface area (TPSA) is 50.8 Å². The standard InChI is InChI=1S/C25H31FN2O3/c1-17(2)30-22-6-4-19(14-20(22)16-27-3)24(29)28-12-10-25(11-13-28)9-8-18-15-21(26)5-7-23(18)31-25/h4-7,14-15,17,27H,8-13,16H2,1-3H3. The van der Waals surface area contributed by atoms with Gasteiger partial charge in [-0.05, 0) is 75.7 Å². The van der Waals surface area contributed by atoms with Crippen molar-refractivity contribution in [1.82, 2.24) is 10.2 Å². The van der Waals surface area contributed by atoms with E-state index >= 15 is 0 Å². The first kappa shape index (κ1) is 21.6. The van der Waals surface area contributed by atoms with E-state index in [0.29, 0.717) is 25.2 Å². The van der Waals surface area contributed by atoms with E-state index in [2.05, 4.69) is 5.32 Å². The number of carbonyl (C=O) groups excluding carboxylic acids is 1. The van der Waals surface area contributed by atoms with E-state index in [1.54, 1.807) is 12.1 Å². The number of benzene rings is 2. The van der Waals surface area contributed by atoms with Crippen molar-refractivity contribution in [2.45, 2.75) is 57.8 Å². The van der Waals surface area contributed by atoms with Crippen molar-refractivity contribution in [2.24, 2.45) is 0 Å². The predicted molar refractivity (Wildman–Crippen MR) is 118 cm³/mol. The summed E-state index contributed by atoms with van der Waals surface area (Å²) in [5.41, 5.74) is 2.34. The first-order chi connectivity index (χ1) is 14.9. The minimum absolute atomic E-state index is 0.0431. The van der Waals surface area contributed by atoms with Crippen molar-refractivity contribution in [1.29, 1.82) is 0 Å². The number of rotatable bonds is 5. The molecule has 2 aromatic carbocycles. The van der Waals surface area contributed by atoms with Crippen molar-refractivity contribution in [2.75, 3.05) is 20.1 Å². The molecule has 2 aromatic rings. The normalized spacial score (nSPS) is 17.4. The average molecular weight is 427 g/mol. The summed E-state index contributed by atoms with van der Waals surface area (Å²) >= 11 is 0. The third kappa shape index (κ3) is 4.69. The van der Waals surface area contributed by atoms with E-state index in [0.717, 1.165) is 48.3 Å². The lowest BCUT2D eigenvalue weighted by Gasteiger charge is -2.44. The van der Waals surface area contributed by atoms with Crippen LogP contribution in [0.1, 0.15) is 54.6 Å². The van der Waals surface area contributed by atoms with E-state index < -0.39 is 0 Å². The third-order valence-corrected chi connectivity index (χ3v) is 6.20. The Morgan fingerprint density at radius 1 is 1.19 bits per heavy atom. The van der Waals surface area contributed by atoms with Crippen LogP contribution in [-0.4, -0.2) is 42.6 Å². The van der Waals surface area contributed by atoms with E-state index in [1.165, 1.54) is 6.07 Å². The molecule has 1 amide bonds. The predicted octanol–water partition coefficient (Wildman–Crippen LogP) is 4.33. The van der Waals surface area contributed by atoms with E-state index in [9.17, 15) is 9.18 Å². The van der Waals surface area contributed by atoms with Gasteiger partial charge in [0.25, 0.3) is 5.91 Å². The number of nitrogens with one attached hydrogen (secondary N) is 1. The van der Waals surface area contributed by atoms with Crippen LogP contribution in [-0.2, 0) is 13.0 Å². The Hall–Kier alpha value is -2.60. The Kier molecular flexibility index (Phi) is 6.19. The number of carbonyl (C=O) groups is 1. The number of amides is 1. The highest BCUT2D eigenvalue weighted by molar-refractivity contribution is 5.94. The molecule has 1 saturated heterocycles. The summed E-state index contributed by atoms with van der Waals surface area (Å²) < 4.78 is 25.7. The van der Waals surface area contributed by atoms with Gasteiger partial charge in [0, 0.05) is 43.6 Å². The number of halogens is 1. The number of piperidine rings is 1. The Morgan fingerprint density at radius 3 is 2.68 bits per heavy atom. The van der Waals surface area contributed by atoms with E-state index in [-0.39, 0.29) is 23.4 Å². The van der Waals surface area contributed by atoms with E-state index in [4.69, 9.17) is 9.47 Å². The monoisotopic (exact) mass is 426 g/mol. The Labute approximate surface area is 183 Å². The molecule has 0 radical (unpaired) electrons. The van der Waals surface area contributed by atoms with Crippen LogP contribution >= 0.6 is 0 Å². The lowest BCUT2D eigenvalue weighted by Crippen LogP contribution is -2.51. The smallest absolute Gasteiger partial charge is 0.253 e. The molecule has 1 N–H and O–H groups in total. The molecule has 166 valence electrons. The van der Waals surface area contributed by atoms with Gasteiger partial charge in [-0.2, -0.15) is 0 Å². The average Bonchev–Trinajstić information content (AvgIpc) is 2.75. The molecule has 2 aliphatic rings. The van der Waals surface area contributed by atoms with Gasteiger partial charge in [0.1, 0.15) is 22.9 Å². The van der Waals surface area contributed by atoms with Gasteiger partial charge in [-0.3, -0.25) is 4.79 Å². The van der Waals surface area contributed by atoms with Crippen LogP contribution in [0.2, 0.25) is 0 Å². The molecule has 2 aliphatic heterocycles. The van der Waals surface area contributed by atoms with Gasteiger partial charge in [-0.15, -0.1) is 0 Å². The first-order valence-corrected chi connectivity index (χ1v) is 11.1. The third-order valence-electron chi connectivity index (χ3n) is 6.20. The highest BCUT2D eigenvalue weighted by atomic mass is 19.1. The minimum atomic E-state index is -0.256. The fourth-order valence-electron chi connectivity index (χ4n) is 4.55. The second kappa shape index (κ2) is 8.87. The second-order valence-corrected chi connectivity index (χ2v) is 8.85. The molecule has 1 fully saturated rings. The summed E-state index contributed by atoms with van der Waals surface area (Å²) in [4.78, 5) is 15.1. The molecule has 5 nitrogen and oxygen atoms in total. The maximum atomic E-state index is 13.5. The quantitative estimate of drug-likeness (QED) is 0.773. The van der Waals surface area contributed by atoms with Gasteiger partial charge in [-0.1, -0.05) is 0 Å². The maximum absolute atomic E-state index is 13.5. The molecule has 2 heterocycles. The Morgan fingerprint density at radius 2 is 1.97 bits per heavy atom. The molecular formula is C25H31FN2O3. The van der Waals surface area contributed by atoms with Gasteiger partial charge in [0.15, 0.2) is 0 Å². The zero-order valence-electron chi connectivity index (χ0n) is 18.5. The summed E-state index contributed by atoms with van der Waals surface area (Å²) in [6.07, 6.45) is 3.32. The lowest BCUT2D eigenvalue weighted by molar-refractivity contribution is -0.0108. The number of ether oxygens (including phenoxy) is 2. The second-order valence-electron chi connectivity index (χ2n) is 8.85. The van der Waals surface area contributed by atoms with Gasteiger partial charge in [-0.25, -0.2) is 4.39 Å². The highest BCUT2D eigenvalue weighted by Crippen LogP contribution is 2.39. The largest absolute Gasteiger partial charge is 0.491 e. The number of fused-ring (bicyclic) bond motifs is 1. The van der Waals surface area contributed by atoms with Gasteiger partial charge < -0.3 is 19.7 Å². The van der Waals surface area contributed by atoms with Crippen LogP contribution in [0, 0.1) is 5.82 Å². The van der Waals surface area contributed by atoms with Crippen LogP contribution in [0.15, 0.2) is 36.4 Å². The van der Waals surface area contributed by atoms with Crippen LogP contribution in [0.3, 0.4) is 0 Å². The molecule has 4 rings (SSSR count). The molecule has 0 atom stereocenters. The van der Waals surface area contributed by atoms with E-state index in [1.807, 2.05) is 44.0 Å². The van der Waals surface area contributed by atoms with Gasteiger partial charge in [0.05, 0.1) is 6.10 Å². The number of hydrogen-bond acceptors (Lipinski definition) is 4. The van der Waals surface area contributed by atoms with Crippen LogP contribution < -0.4 is 14.8 Å². The van der Waals surface area contributed by atoms with Crippen molar-refractivity contribution in [3.8, 4) is 11.5 Å². The Balaban J connectivity index is 1.43. The first-order valence-electron chi connectivity index (χ1n) is 11.1.